The Morgan fingerprint density at radius 3 is 1.81 bits per heavy atom. The third-order valence-electron chi connectivity index (χ3n) is 21.1. The molecule has 24 heteroatoms. The van der Waals surface area contributed by atoms with Crippen LogP contribution in [0, 0.1) is 50.2 Å². The summed E-state index contributed by atoms with van der Waals surface area (Å²) in [5, 5.41) is 144. The molecule has 4 saturated carbocycles. The van der Waals surface area contributed by atoms with E-state index in [-0.39, 0.29) is 31.3 Å². The zero-order chi connectivity index (χ0) is 58.4. The number of ether oxygens (including phenoxy) is 8. The summed E-state index contributed by atoms with van der Waals surface area (Å²) >= 11 is 0. The van der Waals surface area contributed by atoms with Gasteiger partial charge in [-0.1, -0.05) is 59.3 Å². The Bertz CT molecular complexity index is 2290. The summed E-state index contributed by atoms with van der Waals surface area (Å²) in [6.07, 6.45) is -26.8. The number of carboxylic acids is 1. The maximum absolute atomic E-state index is 13.6. The van der Waals surface area contributed by atoms with Crippen LogP contribution in [0.25, 0.3) is 0 Å². The second-order valence-corrected chi connectivity index (χ2v) is 25.6. The van der Waals surface area contributed by atoms with E-state index in [2.05, 4.69) is 26.8 Å². The van der Waals surface area contributed by atoms with Crippen molar-refractivity contribution >= 4 is 17.9 Å². The molecule has 3 saturated heterocycles. The molecular formula is C55H86O24. The molecule has 5 aliphatic carbocycles. The number of aliphatic carboxylic acids is 1. The van der Waals surface area contributed by atoms with Crippen molar-refractivity contribution in [2.24, 2.45) is 50.2 Å². The average molecular weight is 1130 g/mol. The second kappa shape index (κ2) is 22.6. The highest BCUT2D eigenvalue weighted by atomic mass is 16.8. The van der Waals surface area contributed by atoms with E-state index >= 15 is 0 Å². The highest BCUT2D eigenvalue weighted by Crippen LogP contribution is 2.76. The van der Waals surface area contributed by atoms with Crippen LogP contribution in [0.2, 0.25) is 0 Å². The fourth-order valence-electron chi connectivity index (χ4n) is 16.1. The molecule has 0 aromatic carbocycles. The van der Waals surface area contributed by atoms with Gasteiger partial charge in [-0.15, -0.1) is 0 Å². The molecule has 0 aromatic rings. The van der Waals surface area contributed by atoms with Gasteiger partial charge in [0.25, 0.3) is 0 Å². The van der Waals surface area contributed by atoms with E-state index in [1.54, 1.807) is 19.9 Å². The van der Waals surface area contributed by atoms with Gasteiger partial charge in [-0.3, -0.25) is 4.79 Å². The van der Waals surface area contributed by atoms with E-state index in [0.717, 1.165) is 5.57 Å². The van der Waals surface area contributed by atoms with Gasteiger partial charge in [-0.25, -0.2) is 9.59 Å². The molecule has 450 valence electrons. The van der Waals surface area contributed by atoms with Crippen LogP contribution in [0.4, 0.5) is 0 Å². The van der Waals surface area contributed by atoms with Crippen molar-refractivity contribution in [2.45, 2.75) is 224 Å². The summed E-state index contributed by atoms with van der Waals surface area (Å²) in [6.45, 7) is 14.3. The number of carboxylic acid groups (broad SMARTS) is 1. The Hall–Kier alpha value is -2.83. The van der Waals surface area contributed by atoms with Crippen molar-refractivity contribution in [3.05, 3.63) is 23.3 Å². The normalized spacial score (nSPS) is 50.6. The van der Waals surface area contributed by atoms with Crippen LogP contribution >= 0.6 is 0 Å². The number of carbonyl (C=O) groups excluding carboxylic acids is 2. The standard InChI is InChI=1S/C55H86O24/c1-10-23(2)46(71)79-44-43(68)50(4,5)17-26-25-11-12-30-51(6)15-14-32(52(7,21-58)29(51)13-16-53(30,8)54(25,9)18-31(60)55(26,44)22-72-24(3)59)75-49-41(77-48-38(66)36(64)34(62)28(20-57)74-48)39(67)40(42(78-49)45(69)70)76-47-37(65)35(63)33(61)27(19-56)73-47/h10-11,26-44,47-49,56-58,60-68H,12-22H2,1-9H3,(H,69,70)/b23-10-/t26-,27+,28+,29?,30?,31+,32-,33+,34+,35-,36-,37+,38+,39-,40-,41+,42-,43-,44-,47-,48-,49+,51-,52+,53+,54+,55-/m0/s1. The van der Waals surface area contributed by atoms with E-state index < -0.39 is 193 Å². The lowest BCUT2D eigenvalue weighted by Crippen LogP contribution is -2.72. The quantitative estimate of drug-likeness (QED) is 0.0415. The van der Waals surface area contributed by atoms with Gasteiger partial charge in [-0.05, 0) is 98.2 Å². The summed E-state index contributed by atoms with van der Waals surface area (Å²) in [7, 11) is 0. The molecular weight excluding hydrogens is 1040 g/mol. The minimum atomic E-state index is -2.18. The lowest BCUT2D eigenvalue weighted by atomic mass is 9.33. The number of carbonyl (C=O) groups is 3. The molecule has 0 radical (unpaired) electrons. The molecule has 24 nitrogen and oxygen atoms in total. The SMILES string of the molecule is C/C=C(/C)C(=O)O[C@H]1[C@H](O)C(C)(C)C[C@H]2C3=CCC4[C@@]5(C)CC[C@H](O[C@@H]6O[C@H](C(=O)O)[C@@H](O[C@@H]7O[C@H](CO)[C@@H](O)[C@H](O)[C@H]7O)[C@H](O)[C@H]6O[C@@H]6O[C@H](CO)[C@@H](O)[C@H](O)[C@H]6O)[C@](C)(CO)C5CC[C@@]4(C)[C@]3(C)C[C@@H](O)[C@]21COC(C)=O. The predicted octanol–water partition coefficient (Wildman–Crippen LogP) is -1.32. The second-order valence-electron chi connectivity index (χ2n) is 25.6. The van der Waals surface area contributed by atoms with Gasteiger partial charge >= 0.3 is 17.9 Å². The van der Waals surface area contributed by atoms with E-state index in [1.807, 2.05) is 20.8 Å². The van der Waals surface area contributed by atoms with Crippen LogP contribution < -0.4 is 0 Å². The highest BCUT2D eigenvalue weighted by molar-refractivity contribution is 5.87. The molecule has 27 atom stereocenters. The van der Waals surface area contributed by atoms with Crippen molar-refractivity contribution in [2.75, 3.05) is 26.4 Å². The minimum Gasteiger partial charge on any atom is -0.479 e. The van der Waals surface area contributed by atoms with Crippen molar-refractivity contribution in [1.82, 2.24) is 0 Å². The van der Waals surface area contributed by atoms with Crippen molar-refractivity contribution in [3.8, 4) is 0 Å². The number of hydrogen-bond acceptors (Lipinski definition) is 23. The van der Waals surface area contributed by atoms with E-state index in [1.165, 1.54) is 6.92 Å². The molecule has 2 unspecified atom stereocenters. The van der Waals surface area contributed by atoms with E-state index in [4.69, 9.17) is 37.9 Å². The maximum atomic E-state index is 13.6. The molecule has 3 aliphatic heterocycles. The summed E-state index contributed by atoms with van der Waals surface area (Å²) in [5.41, 5.74) is -3.85. The van der Waals surface area contributed by atoms with Crippen LogP contribution in [0.1, 0.15) is 107 Å². The number of rotatable bonds is 14. The van der Waals surface area contributed by atoms with Gasteiger partial charge in [0.2, 0.25) is 0 Å². The lowest BCUT2D eigenvalue weighted by molar-refractivity contribution is -0.392. The summed E-state index contributed by atoms with van der Waals surface area (Å²) in [5.74, 6) is -3.90. The van der Waals surface area contributed by atoms with Crippen molar-refractivity contribution < 1.29 is 119 Å². The van der Waals surface area contributed by atoms with E-state index in [9.17, 15) is 80.8 Å². The van der Waals surface area contributed by atoms with Crippen molar-refractivity contribution in [1.29, 1.82) is 0 Å². The maximum Gasteiger partial charge on any atom is 0.335 e. The number of aliphatic hydroxyl groups excluding tert-OH is 12. The predicted molar refractivity (Wildman–Crippen MR) is 269 cm³/mol. The molecule has 13 N–H and O–H groups in total. The first-order valence-electron chi connectivity index (χ1n) is 27.7. The number of esters is 2. The molecule has 0 bridgehead atoms. The number of hydrogen-bond donors (Lipinski definition) is 13. The molecule has 7 fully saturated rings. The van der Waals surface area contributed by atoms with Crippen LogP contribution in [0.3, 0.4) is 0 Å². The fraction of sp³-hybridized carbons (Fsp3) is 0.873. The smallest absolute Gasteiger partial charge is 0.335 e. The Labute approximate surface area is 459 Å². The molecule has 0 spiro atoms. The molecule has 8 aliphatic rings. The third-order valence-corrected chi connectivity index (χ3v) is 21.1. The van der Waals surface area contributed by atoms with Gasteiger partial charge in [0, 0.05) is 17.9 Å². The Morgan fingerprint density at radius 2 is 1.28 bits per heavy atom. The lowest BCUT2D eigenvalue weighted by Gasteiger charge is -2.72. The average Bonchev–Trinajstić information content (AvgIpc) is 1.72. The van der Waals surface area contributed by atoms with Crippen molar-refractivity contribution in [3.63, 3.8) is 0 Å². The molecule has 8 rings (SSSR count). The van der Waals surface area contributed by atoms with Crippen LogP contribution in [0.15, 0.2) is 23.3 Å². The number of fused-ring (bicyclic) bond motifs is 7. The number of allylic oxidation sites excluding steroid dienone is 3. The fourth-order valence-corrected chi connectivity index (χ4v) is 16.1. The van der Waals surface area contributed by atoms with Gasteiger partial charge < -0.3 is 104 Å². The van der Waals surface area contributed by atoms with Crippen LogP contribution in [0.5, 0.6) is 0 Å². The summed E-state index contributed by atoms with van der Waals surface area (Å²) in [4.78, 5) is 39.3. The Kier molecular flexibility index (Phi) is 17.8. The summed E-state index contributed by atoms with van der Waals surface area (Å²) < 4.78 is 47.9. The topological polar surface area (TPSA) is 388 Å². The Balaban J connectivity index is 1.13. The summed E-state index contributed by atoms with van der Waals surface area (Å²) in [6, 6.07) is 0. The minimum absolute atomic E-state index is 0.0904. The Morgan fingerprint density at radius 1 is 0.696 bits per heavy atom. The molecule has 0 amide bonds. The molecule has 79 heavy (non-hydrogen) atoms. The zero-order valence-electron chi connectivity index (χ0n) is 46.4. The van der Waals surface area contributed by atoms with Gasteiger partial charge in [0.05, 0.1) is 43.5 Å². The van der Waals surface area contributed by atoms with Gasteiger partial charge in [0.1, 0.15) is 79.9 Å². The van der Waals surface area contributed by atoms with Crippen LogP contribution in [-0.2, 0) is 52.3 Å². The third kappa shape index (κ3) is 10.0. The monoisotopic (exact) mass is 1130 g/mol. The molecule has 0 aromatic heterocycles. The highest BCUT2D eigenvalue weighted by Gasteiger charge is 2.74. The van der Waals surface area contributed by atoms with Gasteiger partial charge in [-0.2, -0.15) is 0 Å². The zero-order valence-corrected chi connectivity index (χ0v) is 46.4. The largest absolute Gasteiger partial charge is 0.479 e. The first-order valence-corrected chi connectivity index (χ1v) is 27.7. The van der Waals surface area contributed by atoms with Gasteiger partial charge in [0.15, 0.2) is 25.0 Å². The first-order chi connectivity index (χ1) is 36.9. The van der Waals surface area contributed by atoms with Crippen LogP contribution in [-0.4, -0.2) is 227 Å². The van der Waals surface area contributed by atoms with E-state index in [0.29, 0.717) is 37.7 Å². The molecule has 3 heterocycles. The number of aliphatic hydroxyl groups is 12. The first kappa shape index (κ1) is 62.2.